The number of fused-ring (bicyclic) bond motifs is 3. The van der Waals surface area contributed by atoms with Crippen LogP contribution in [-0.2, 0) is 37.0 Å². The number of benzene rings is 2. The van der Waals surface area contributed by atoms with Crippen LogP contribution in [0.5, 0.6) is 0 Å². The third-order valence-corrected chi connectivity index (χ3v) is 14.5. The van der Waals surface area contributed by atoms with Gasteiger partial charge in [-0.3, -0.25) is 0 Å². The maximum absolute atomic E-state index is 2.62. The summed E-state index contributed by atoms with van der Waals surface area (Å²) in [6.07, 6.45) is 8.08. The maximum atomic E-state index is 2.62. The molecule has 3 aromatic rings. The standard InChI is InChI=1S/C35H53Si3.2ClH.Zr/c1-34(2,3)25-20-24-21-26-28(23-18-16-17-19-23)31(35(4,5)6)33(38(13,14)15)32(37(10,11)12)30(26)29(24)27(22-25)36(7,8)9;;;/h16-18,20-22H,19H2,1-15H3;2*1H;/q-1;;;+3/p-2. The fraction of sp³-hybridized carbons (Fsp3) is 0.514. The number of allylic oxidation sites excluding steroid dienone is 4. The van der Waals surface area contributed by atoms with Crippen LogP contribution >= 0.6 is 0 Å². The maximum Gasteiger partial charge on any atom is 3.00 e. The van der Waals surface area contributed by atoms with Gasteiger partial charge in [-0.05, 0) is 17.3 Å². The molecule has 0 heterocycles. The summed E-state index contributed by atoms with van der Waals surface area (Å²) in [6, 6.07) is 7.78. The van der Waals surface area contributed by atoms with E-state index in [4.69, 9.17) is 0 Å². The zero-order chi connectivity index (χ0) is 28.8. The summed E-state index contributed by atoms with van der Waals surface area (Å²) in [5.74, 6) is 0. The zero-order valence-corrected chi connectivity index (χ0v) is 35.4. The molecule has 0 fully saturated rings. The van der Waals surface area contributed by atoms with Crippen LogP contribution in [0.4, 0.5) is 0 Å². The summed E-state index contributed by atoms with van der Waals surface area (Å²) >= 11 is 0. The number of rotatable bonds is 4. The molecule has 0 bridgehead atoms. The van der Waals surface area contributed by atoms with Crippen LogP contribution in [0, 0.1) is 0 Å². The van der Waals surface area contributed by atoms with Crippen molar-refractivity contribution in [3.8, 4) is 0 Å². The molecule has 0 aromatic heterocycles. The van der Waals surface area contributed by atoms with Gasteiger partial charge in [0.05, 0.1) is 24.2 Å². The van der Waals surface area contributed by atoms with E-state index >= 15 is 0 Å². The molecule has 0 saturated heterocycles. The van der Waals surface area contributed by atoms with Crippen molar-refractivity contribution in [1.82, 2.24) is 0 Å². The van der Waals surface area contributed by atoms with Crippen molar-refractivity contribution in [2.75, 3.05) is 0 Å². The van der Waals surface area contributed by atoms with E-state index in [1.807, 2.05) is 0 Å². The van der Waals surface area contributed by atoms with Crippen molar-refractivity contribution in [1.29, 1.82) is 0 Å². The first-order chi connectivity index (χ1) is 17.0. The Morgan fingerprint density at radius 1 is 0.683 bits per heavy atom. The van der Waals surface area contributed by atoms with Gasteiger partial charge in [0.2, 0.25) is 0 Å². The second-order valence-corrected chi connectivity index (χ2v) is 32.0. The molecule has 0 aliphatic heterocycles. The largest absolute Gasteiger partial charge is 3.00 e. The Balaban J connectivity index is 0.00000280. The molecule has 1 aliphatic carbocycles. The Bertz CT molecular complexity index is 1490. The average Bonchev–Trinajstić information content (AvgIpc) is 3.35. The van der Waals surface area contributed by atoms with E-state index in [1.54, 1.807) is 37.5 Å². The van der Waals surface area contributed by atoms with Crippen LogP contribution in [0.15, 0.2) is 36.4 Å². The summed E-state index contributed by atoms with van der Waals surface area (Å²) in [5.41, 5.74) is 6.43. The summed E-state index contributed by atoms with van der Waals surface area (Å²) in [6.45, 7) is 37.8. The molecular formula is C35H53Cl2Si3Zr. The van der Waals surface area contributed by atoms with Crippen molar-refractivity contribution in [3.05, 3.63) is 53.1 Å². The average molecular weight is 720 g/mol. The molecule has 3 aromatic carbocycles. The first-order valence-electron chi connectivity index (χ1n) is 14.7. The molecule has 0 atom stereocenters. The smallest absolute Gasteiger partial charge is 1.00 e. The second-order valence-electron chi connectivity index (χ2n) is 17.0. The van der Waals surface area contributed by atoms with Gasteiger partial charge in [0, 0.05) is 0 Å². The fourth-order valence-electron chi connectivity index (χ4n) is 6.63. The molecule has 4 rings (SSSR count). The van der Waals surface area contributed by atoms with Crippen molar-refractivity contribution in [2.24, 2.45) is 0 Å². The Labute approximate surface area is 286 Å². The minimum Gasteiger partial charge on any atom is -1.00 e. The number of hydrogen-bond acceptors (Lipinski definition) is 0. The van der Waals surface area contributed by atoms with Crippen molar-refractivity contribution in [3.63, 3.8) is 0 Å². The van der Waals surface area contributed by atoms with E-state index in [9.17, 15) is 0 Å². The van der Waals surface area contributed by atoms with E-state index in [-0.39, 0.29) is 61.8 Å². The van der Waals surface area contributed by atoms with Gasteiger partial charge in [-0.2, -0.15) is 0 Å². The number of hydrogen-bond donors (Lipinski definition) is 0. The molecule has 0 nitrogen and oxygen atoms in total. The van der Waals surface area contributed by atoms with Crippen LogP contribution in [0.3, 0.4) is 0 Å². The molecule has 1 aliphatic rings. The molecule has 1 radical (unpaired) electrons. The van der Waals surface area contributed by atoms with Gasteiger partial charge in [0.25, 0.3) is 0 Å². The second kappa shape index (κ2) is 12.4. The molecule has 0 spiro atoms. The fourth-order valence-corrected chi connectivity index (χ4v) is 14.5. The third-order valence-electron chi connectivity index (χ3n) is 8.27. The van der Waals surface area contributed by atoms with Crippen molar-refractivity contribution in [2.45, 2.75) is 118 Å². The van der Waals surface area contributed by atoms with Gasteiger partial charge < -0.3 is 24.8 Å². The number of halogens is 2. The van der Waals surface area contributed by atoms with Crippen LogP contribution in [0.2, 0.25) is 58.9 Å². The van der Waals surface area contributed by atoms with Crippen molar-refractivity contribution >= 4 is 66.9 Å². The van der Waals surface area contributed by atoms with Crippen LogP contribution in [-0.4, -0.2) is 24.2 Å². The molecule has 0 amide bonds. The summed E-state index contributed by atoms with van der Waals surface area (Å²) in [7, 11) is -5.06. The molecule has 41 heavy (non-hydrogen) atoms. The Kier molecular flexibility index (Phi) is 11.7. The third kappa shape index (κ3) is 7.25. The summed E-state index contributed by atoms with van der Waals surface area (Å²) in [5, 5.41) is 11.4. The predicted octanol–water partition coefficient (Wildman–Crippen LogP) is 3.29. The van der Waals surface area contributed by atoms with Crippen LogP contribution in [0.1, 0.15) is 64.7 Å². The van der Waals surface area contributed by atoms with Gasteiger partial charge in [-0.1, -0.05) is 163 Å². The van der Waals surface area contributed by atoms with E-state index < -0.39 is 24.2 Å². The summed E-state index contributed by atoms with van der Waals surface area (Å²) < 4.78 is 0. The monoisotopic (exact) mass is 717 g/mol. The van der Waals surface area contributed by atoms with Crippen molar-refractivity contribution < 1.29 is 51.0 Å². The Morgan fingerprint density at radius 2 is 1.22 bits per heavy atom. The molecule has 0 unspecified atom stereocenters. The van der Waals surface area contributed by atoms with E-state index in [0.29, 0.717) is 0 Å². The predicted molar refractivity (Wildman–Crippen MR) is 185 cm³/mol. The molecular weight excluding hydrogens is 667 g/mol. The van der Waals surface area contributed by atoms with E-state index in [1.165, 1.54) is 21.9 Å². The minimum atomic E-state index is -1.72. The first-order valence-corrected chi connectivity index (χ1v) is 25.2. The molecule has 223 valence electrons. The normalized spacial score (nSPS) is 14.6. The van der Waals surface area contributed by atoms with Gasteiger partial charge in [0.15, 0.2) is 0 Å². The SMILES string of the molecule is CC(C)(C)c1cc([Si](C)(C)C)c2c(c1)[cH-]c1c(C3=CC=CC3)c(C(C)(C)C)c([Si](C)(C)C)c([Si](C)(C)C)c12.[Cl-].[Cl-].[Zr+3]. The van der Waals surface area contributed by atoms with Gasteiger partial charge >= 0.3 is 26.2 Å². The van der Waals surface area contributed by atoms with Crippen LogP contribution in [0.25, 0.3) is 27.1 Å². The van der Waals surface area contributed by atoms with Gasteiger partial charge in [-0.25, -0.2) is 0 Å². The molecule has 0 N–H and O–H groups in total. The Hall–Kier alpha value is -0.0962. The summed E-state index contributed by atoms with van der Waals surface area (Å²) in [4.78, 5) is 0. The Morgan fingerprint density at radius 3 is 1.61 bits per heavy atom. The molecule has 0 saturated carbocycles. The minimum absolute atomic E-state index is 0. The van der Waals surface area contributed by atoms with Gasteiger partial charge in [0.1, 0.15) is 0 Å². The van der Waals surface area contributed by atoms with E-state index in [0.717, 1.165) is 6.42 Å². The van der Waals surface area contributed by atoms with Gasteiger partial charge in [-0.15, -0.1) is 33.7 Å². The van der Waals surface area contributed by atoms with Crippen LogP contribution < -0.4 is 40.4 Å². The first kappa shape index (κ1) is 38.9. The molecule has 6 heteroatoms. The van der Waals surface area contributed by atoms with E-state index in [2.05, 4.69) is 137 Å². The topological polar surface area (TPSA) is 0 Å². The quantitative estimate of drug-likeness (QED) is 0.287. The zero-order valence-electron chi connectivity index (χ0n) is 28.4.